The van der Waals surface area contributed by atoms with E-state index >= 15 is 0 Å². The van der Waals surface area contributed by atoms with E-state index in [0.717, 1.165) is 6.42 Å². The standard InChI is InChI=1S/C23H35N7O5/c1-15(2)14-18(28-20(31)16-7-9-17(10-8-16)30(34)35)22(33)29-13-5-6-19(29)21(32)26-11-3-4-12-27-23(24)25/h7-10,15,18-19H,3-6,11-14H2,1-2H3,(H,26,32)(H,28,31)(H4,24,25,27)/t18-,19-/m0/s1. The Bertz CT molecular complexity index is 929. The summed E-state index contributed by atoms with van der Waals surface area (Å²) in [4.78, 5) is 54.7. The second kappa shape index (κ2) is 13.3. The average molecular weight is 490 g/mol. The van der Waals surface area contributed by atoms with Crippen LogP contribution in [0.2, 0.25) is 0 Å². The van der Waals surface area contributed by atoms with E-state index in [1.54, 1.807) is 0 Å². The van der Waals surface area contributed by atoms with Crippen molar-refractivity contribution in [3.05, 3.63) is 39.9 Å². The maximum absolute atomic E-state index is 13.4. The highest BCUT2D eigenvalue weighted by Crippen LogP contribution is 2.21. The van der Waals surface area contributed by atoms with Crippen molar-refractivity contribution in [1.82, 2.24) is 15.5 Å². The van der Waals surface area contributed by atoms with Crippen molar-refractivity contribution in [3.63, 3.8) is 0 Å². The summed E-state index contributed by atoms with van der Waals surface area (Å²) in [5.41, 5.74) is 10.7. The molecule has 0 unspecified atom stereocenters. The van der Waals surface area contributed by atoms with Gasteiger partial charge in [0.15, 0.2) is 5.96 Å². The Balaban J connectivity index is 2.00. The zero-order valence-corrected chi connectivity index (χ0v) is 20.2. The van der Waals surface area contributed by atoms with Gasteiger partial charge >= 0.3 is 0 Å². The number of non-ortho nitro benzene ring substituents is 1. The number of nitrogens with zero attached hydrogens (tertiary/aromatic N) is 3. The number of aliphatic imine (C=N–C) groups is 1. The Morgan fingerprint density at radius 3 is 2.49 bits per heavy atom. The molecule has 1 aliphatic rings. The molecule has 192 valence electrons. The summed E-state index contributed by atoms with van der Waals surface area (Å²) >= 11 is 0. The van der Waals surface area contributed by atoms with Crippen LogP contribution in [0.25, 0.3) is 0 Å². The molecular weight excluding hydrogens is 454 g/mol. The molecule has 0 aliphatic carbocycles. The zero-order valence-electron chi connectivity index (χ0n) is 20.2. The lowest BCUT2D eigenvalue weighted by Gasteiger charge is -2.29. The van der Waals surface area contributed by atoms with Crippen molar-refractivity contribution >= 4 is 29.4 Å². The second-order valence-electron chi connectivity index (χ2n) is 8.95. The number of carbonyl (C=O) groups excluding carboxylic acids is 3. The lowest BCUT2D eigenvalue weighted by atomic mass is 10.0. The van der Waals surface area contributed by atoms with Crippen molar-refractivity contribution < 1.29 is 19.3 Å². The topological polar surface area (TPSA) is 186 Å². The highest BCUT2D eigenvalue weighted by Gasteiger charge is 2.37. The number of hydrogen-bond donors (Lipinski definition) is 4. The first-order valence-electron chi connectivity index (χ1n) is 11.8. The molecule has 12 nitrogen and oxygen atoms in total. The molecular formula is C23H35N7O5. The fourth-order valence-corrected chi connectivity index (χ4v) is 3.95. The largest absolute Gasteiger partial charge is 0.370 e. The highest BCUT2D eigenvalue weighted by molar-refractivity contribution is 5.98. The van der Waals surface area contributed by atoms with E-state index < -0.39 is 22.9 Å². The number of amides is 3. The van der Waals surface area contributed by atoms with Crippen molar-refractivity contribution in [1.29, 1.82) is 0 Å². The number of unbranched alkanes of at least 4 members (excludes halogenated alkanes) is 1. The summed E-state index contributed by atoms with van der Waals surface area (Å²) < 4.78 is 0. The smallest absolute Gasteiger partial charge is 0.269 e. The number of rotatable bonds is 12. The van der Waals surface area contributed by atoms with E-state index in [2.05, 4.69) is 15.6 Å². The lowest BCUT2D eigenvalue weighted by molar-refractivity contribution is -0.384. The molecule has 0 bridgehead atoms. The van der Waals surface area contributed by atoms with Gasteiger partial charge in [0, 0.05) is 37.3 Å². The molecule has 2 rings (SSSR count). The van der Waals surface area contributed by atoms with Crippen LogP contribution in [0.5, 0.6) is 0 Å². The number of guanidine groups is 1. The number of nitrogens with two attached hydrogens (primary N) is 2. The fourth-order valence-electron chi connectivity index (χ4n) is 3.95. The molecule has 0 aromatic heterocycles. The SMILES string of the molecule is CC(C)C[C@H](NC(=O)c1ccc([N+](=O)[O-])cc1)C(=O)N1CCC[C@H]1C(=O)NCCCCN=C(N)N. The molecule has 1 aromatic carbocycles. The molecule has 1 saturated heterocycles. The number of carbonyl (C=O) groups is 3. The molecule has 3 amide bonds. The average Bonchev–Trinajstić information content (AvgIpc) is 3.30. The maximum Gasteiger partial charge on any atom is 0.269 e. The van der Waals surface area contributed by atoms with Crippen LogP contribution in [-0.2, 0) is 9.59 Å². The Hall–Kier alpha value is -3.70. The highest BCUT2D eigenvalue weighted by atomic mass is 16.6. The van der Waals surface area contributed by atoms with Crippen LogP contribution in [0.15, 0.2) is 29.3 Å². The normalized spacial score (nSPS) is 16.0. The summed E-state index contributed by atoms with van der Waals surface area (Å²) in [7, 11) is 0. The molecule has 0 spiro atoms. The van der Waals surface area contributed by atoms with Crippen LogP contribution < -0.4 is 22.1 Å². The van der Waals surface area contributed by atoms with Crippen LogP contribution in [0.4, 0.5) is 5.69 Å². The van der Waals surface area contributed by atoms with Crippen LogP contribution in [0.3, 0.4) is 0 Å². The third-order valence-corrected chi connectivity index (χ3v) is 5.67. The predicted octanol–water partition coefficient (Wildman–Crippen LogP) is 0.900. The third kappa shape index (κ3) is 8.54. The molecule has 1 heterocycles. The summed E-state index contributed by atoms with van der Waals surface area (Å²) in [5.74, 6) is -0.881. The Morgan fingerprint density at radius 1 is 1.20 bits per heavy atom. The zero-order chi connectivity index (χ0) is 26.0. The Kier molecular flexibility index (Phi) is 10.4. The van der Waals surface area contributed by atoms with Crippen molar-refractivity contribution in [3.8, 4) is 0 Å². The first-order valence-corrected chi connectivity index (χ1v) is 11.8. The minimum Gasteiger partial charge on any atom is -0.370 e. The van der Waals surface area contributed by atoms with Crippen LogP contribution >= 0.6 is 0 Å². The number of nitro groups is 1. The minimum absolute atomic E-state index is 0.0331. The maximum atomic E-state index is 13.4. The van der Waals surface area contributed by atoms with E-state index in [9.17, 15) is 24.5 Å². The Morgan fingerprint density at radius 2 is 1.89 bits per heavy atom. The molecule has 6 N–H and O–H groups in total. The fraction of sp³-hybridized carbons (Fsp3) is 0.565. The molecule has 35 heavy (non-hydrogen) atoms. The van der Waals surface area contributed by atoms with Crippen molar-refractivity contribution in [2.45, 2.75) is 58.0 Å². The predicted molar refractivity (Wildman–Crippen MR) is 131 cm³/mol. The van der Waals surface area contributed by atoms with Crippen LogP contribution in [0, 0.1) is 16.0 Å². The molecule has 2 atom stereocenters. The minimum atomic E-state index is -0.814. The van der Waals surface area contributed by atoms with Gasteiger partial charge in [-0.1, -0.05) is 13.8 Å². The number of nitrogens with one attached hydrogen (secondary N) is 2. The van der Waals surface area contributed by atoms with Crippen LogP contribution in [0.1, 0.15) is 56.3 Å². The van der Waals surface area contributed by atoms with Gasteiger partial charge in [-0.05, 0) is 50.2 Å². The summed E-state index contributed by atoms with van der Waals surface area (Å²) in [5, 5.41) is 16.5. The van der Waals surface area contributed by atoms with Gasteiger partial charge in [-0.2, -0.15) is 0 Å². The number of likely N-dealkylation sites (tertiary alicyclic amines) is 1. The van der Waals surface area contributed by atoms with Gasteiger partial charge in [-0.15, -0.1) is 0 Å². The van der Waals surface area contributed by atoms with Gasteiger partial charge in [-0.3, -0.25) is 29.5 Å². The number of benzene rings is 1. The van der Waals surface area contributed by atoms with Gasteiger partial charge in [0.05, 0.1) is 4.92 Å². The van der Waals surface area contributed by atoms with Crippen molar-refractivity contribution in [2.24, 2.45) is 22.4 Å². The molecule has 1 aliphatic heterocycles. The van der Waals surface area contributed by atoms with Gasteiger partial charge < -0.3 is 27.0 Å². The van der Waals surface area contributed by atoms with E-state index in [1.165, 1.54) is 29.2 Å². The van der Waals surface area contributed by atoms with E-state index in [4.69, 9.17) is 11.5 Å². The molecule has 1 fully saturated rings. The molecule has 12 heteroatoms. The summed E-state index contributed by atoms with van der Waals surface area (Å²) in [6.45, 7) is 5.24. The van der Waals surface area contributed by atoms with E-state index in [-0.39, 0.29) is 34.9 Å². The third-order valence-electron chi connectivity index (χ3n) is 5.67. The van der Waals surface area contributed by atoms with E-state index in [1.807, 2.05) is 13.8 Å². The van der Waals surface area contributed by atoms with Crippen LogP contribution in [-0.4, -0.2) is 65.2 Å². The first-order chi connectivity index (χ1) is 16.6. The van der Waals surface area contributed by atoms with Crippen molar-refractivity contribution in [2.75, 3.05) is 19.6 Å². The monoisotopic (exact) mass is 489 g/mol. The first kappa shape index (κ1) is 27.5. The quantitative estimate of drug-likeness (QED) is 0.110. The van der Waals surface area contributed by atoms with Gasteiger partial charge in [0.2, 0.25) is 11.8 Å². The summed E-state index contributed by atoms with van der Waals surface area (Å²) in [6, 6.07) is 3.78. The lowest BCUT2D eigenvalue weighted by Crippen LogP contribution is -2.54. The van der Waals surface area contributed by atoms with Gasteiger partial charge in [0.25, 0.3) is 11.6 Å². The van der Waals surface area contributed by atoms with E-state index in [0.29, 0.717) is 45.3 Å². The molecule has 1 aromatic rings. The molecule has 0 saturated carbocycles. The van der Waals surface area contributed by atoms with Gasteiger partial charge in [0.1, 0.15) is 12.1 Å². The van der Waals surface area contributed by atoms with Gasteiger partial charge in [-0.25, -0.2) is 0 Å². The second-order valence-corrected chi connectivity index (χ2v) is 8.95. The number of hydrogen-bond acceptors (Lipinski definition) is 6. The summed E-state index contributed by atoms with van der Waals surface area (Å²) in [6.07, 6.45) is 3.06. The Labute approximate surface area is 204 Å². The molecule has 0 radical (unpaired) electrons. The number of nitro benzene ring substituents is 1.